The monoisotopic (exact) mass is 436 g/mol. The largest absolute Gasteiger partial charge is 0.325 e. The molecule has 0 spiro atoms. The molecule has 0 aliphatic carbocycles. The number of halogens is 1. The van der Waals surface area contributed by atoms with E-state index in [1.165, 1.54) is 30.0 Å². The number of rotatable bonds is 7. The van der Waals surface area contributed by atoms with Gasteiger partial charge in [0.15, 0.2) is 0 Å². The number of carbonyl (C=O) groups excluding carboxylic acids is 2. The van der Waals surface area contributed by atoms with Crippen molar-refractivity contribution in [3.05, 3.63) is 89.2 Å². The summed E-state index contributed by atoms with van der Waals surface area (Å²) in [4.78, 5) is 26.1. The highest BCUT2D eigenvalue weighted by Gasteiger charge is 2.19. The quantitative estimate of drug-likeness (QED) is 0.433. The van der Waals surface area contributed by atoms with E-state index >= 15 is 0 Å². The Hall–Kier alpha value is -3.12. The number of hydrogen-bond acceptors (Lipinski definition) is 3. The topological polar surface area (TPSA) is 58.2 Å². The number of carbonyl (C=O) groups is 2. The van der Waals surface area contributed by atoms with Crippen LogP contribution in [-0.4, -0.2) is 17.1 Å². The molecule has 0 aliphatic rings. The van der Waals surface area contributed by atoms with Crippen molar-refractivity contribution in [2.24, 2.45) is 0 Å². The van der Waals surface area contributed by atoms with Crippen LogP contribution in [0.1, 0.15) is 34.8 Å². The molecule has 0 saturated heterocycles. The zero-order valence-electron chi connectivity index (χ0n) is 17.7. The van der Waals surface area contributed by atoms with E-state index in [0.717, 1.165) is 21.7 Å². The van der Waals surface area contributed by atoms with Crippen molar-refractivity contribution in [3.63, 3.8) is 0 Å². The predicted octanol–water partition coefficient (Wildman–Crippen LogP) is 6.20. The second-order valence-electron chi connectivity index (χ2n) is 7.28. The van der Waals surface area contributed by atoms with E-state index in [9.17, 15) is 14.0 Å². The molecule has 0 saturated carbocycles. The maximum absolute atomic E-state index is 13.9. The van der Waals surface area contributed by atoms with Gasteiger partial charge in [0.1, 0.15) is 5.82 Å². The first-order valence-corrected chi connectivity index (χ1v) is 11.0. The third-order valence-corrected chi connectivity index (χ3v) is 6.16. The number of nitrogens with one attached hydrogen (secondary N) is 2. The summed E-state index contributed by atoms with van der Waals surface area (Å²) in [5.74, 6) is -1.15. The SMILES string of the molecule is CCC(Sc1cccc(NC(=O)c2ccccc2F)c1)C(=O)Nc1cc(C)ccc1C. The van der Waals surface area contributed by atoms with Crippen LogP contribution in [0.2, 0.25) is 0 Å². The molecule has 1 unspecified atom stereocenters. The van der Waals surface area contributed by atoms with Gasteiger partial charge in [0.2, 0.25) is 5.91 Å². The highest BCUT2D eigenvalue weighted by molar-refractivity contribution is 8.00. The van der Waals surface area contributed by atoms with Crippen molar-refractivity contribution in [1.82, 2.24) is 0 Å². The van der Waals surface area contributed by atoms with Gasteiger partial charge in [-0.3, -0.25) is 9.59 Å². The molecule has 3 aromatic rings. The number of thioether (sulfide) groups is 1. The highest BCUT2D eigenvalue weighted by Crippen LogP contribution is 2.29. The molecular weight excluding hydrogens is 411 g/mol. The smallest absolute Gasteiger partial charge is 0.258 e. The van der Waals surface area contributed by atoms with E-state index in [1.54, 1.807) is 24.3 Å². The van der Waals surface area contributed by atoms with Gasteiger partial charge in [0.05, 0.1) is 10.8 Å². The van der Waals surface area contributed by atoms with Crippen LogP contribution in [0.4, 0.5) is 15.8 Å². The van der Waals surface area contributed by atoms with Crippen LogP contribution in [-0.2, 0) is 4.79 Å². The van der Waals surface area contributed by atoms with Crippen molar-refractivity contribution in [1.29, 1.82) is 0 Å². The Kier molecular flexibility index (Phi) is 7.47. The molecule has 0 bridgehead atoms. The van der Waals surface area contributed by atoms with Gasteiger partial charge in [-0.05, 0) is 67.8 Å². The van der Waals surface area contributed by atoms with Gasteiger partial charge in [-0.2, -0.15) is 0 Å². The number of anilines is 2. The molecule has 0 aliphatic heterocycles. The fourth-order valence-electron chi connectivity index (χ4n) is 3.06. The molecule has 31 heavy (non-hydrogen) atoms. The molecule has 4 nitrogen and oxygen atoms in total. The summed E-state index contributed by atoms with van der Waals surface area (Å²) in [5.41, 5.74) is 3.44. The minimum atomic E-state index is -0.570. The van der Waals surface area contributed by atoms with Crippen LogP contribution >= 0.6 is 11.8 Å². The molecule has 0 heterocycles. The number of benzene rings is 3. The van der Waals surface area contributed by atoms with E-state index in [0.29, 0.717) is 12.1 Å². The number of aryl methyl sites for hydroxylation is 2. The van der Waals surface area contributed by atoms with E-state index in [4.69, 9.17) is 0 Å². The van der Waals surface area contributed by atoms with Gasteiger partial charge in [-0.15, -0.1) is 11.8 Å². The normalized spacial score (nSPS) is 11.6. The average Bonchev–Trinajstić information content (AvgIpc) is 2.75. The first-order valence-electron chi connectivity index (χ1n) is 10.1. The average molecular weight is 437 g/mol. The lowest BCUT2D eigenvalue weighted by Crippen LogP contribution is -2.25. The molecule has 3 rings (SSSR count). The molecule has 1 atom stereocenters. The fourth-order valence-corrected chi connectivity index (χ4v) is 4.07. The summed E-state index contributed by atoms with van der Waals surface area (Å²) in [6.07, 6.45) is 0.646. The Balaban J connectivity index is 1.69. The van der Waals surface area contributed by atoms with Crippen molar-refractivity contribution in [3.8, 4) is 0 Å². The second-order valence-corrected chi connectivity index (χ2v) is 8.56. The number of hydrogen-bond donors (Lipinski definition) is 2. The van der Waals surface area contributed by atoms with Crippen LogP contribution < -0.4 is 10.6 Å². The van der Waals surface area contributed by atoms with Crippen molar-refractivity contribution in [2.45, 2.75) is 37.3 Å². The van der Waals surface area contributed by atoms with Crippen LogP contribution in [0.5, 0.6) is 0 Å². The van der Waals surface area contributed by atoms with E-state index in [1.807, 2.05) is 45.0 Å². The van der Waals surface area contributed by atoms with Crippen LogP contribution in [0, 0.1) is 19.7 Å². The van der Waals surface area contributed by atoms with Gasteiger partial charge in [-0.25, -0.2) is 4.39 Å². The zero-order chi connectivity index (χ0) is 22.4. The summed E-state index contributed by atoms with van der Waals surface area (Å²) in [7, 11) is 0. The second kappa shape index (κ2) is 10.3. The van der Waals surface area contributed by atoms with E-state index < -0.39 is 11.7 Å². The third kappa shape index (κ3) is 5.95. The van der Waals surface area contributed by atoms with Crippen molar-refractivity contribution in [2.75, 3.05) is 10.6 Å². The number of amides is 2. The molecule has 2 N–H and O–H groups in total. The molecule has 160 valence electrons. The minimum Gasteiger partial charge on any atom is -0.325 e. The molecule has 2 amide bonds. The standard InChI is InChI=1S/C25H25FN2O2S/c1-4-23(25(30)28-22-14-16(2)12-13-17(22)3)31-19-9-7-8-18(15-19)27-24(29)20-10-5-6-11-21(20)26/h5-15,23H,4H2,1-3H3,(H,27,29)(H,28,30). The summed E-state index contributed by atoms with van der Waals surface area (Å²) in [5, 5.41) is 5.45. The lowest BCUT2D eigenvalue weighted by molar-refractivity contribution is -0.115. The predicted molar refractivity (Wildman–Crippen MR) is 125 cm³/mol. The first kappa shape index (κ1) is 22.6. The summed E-state index contributed by atoms with van der Waals surface area (Å²) in [6.45, 7) is 5.91. The first-order chi connectivity index (χ1) is 14.9. The van der Waals surface area contributed by atoms with E-state index in [2.05, 4.69) is 10.6 Å². The molecule has 0 radical (unpaired) electrons. The van der Waals surface area contributed by atoms with Gasteiger partial charge in [0, 0.05) is 16.3 Å². The molecule has 0 aromatic heterocycles. The summed E-state index contributed by atoms with van der Waals surface area (Å²) >= 11 is 1.43. The lowest BCUT2D eigenvalue weighted by atomic mass is 10.1. The van der Waals surface area contributed by atoms with Gasteiger partial charge >= 0.3 is 0 Å². The molecule has 0 fully saturated rings. The van der Waals surface area contributed by atoms with Crippen molar-refractivity contribution >= 4 is 35.0 Å². The Morgan fingerprint density at radius 2 is 1.74 bits per heavy atom. The highest BCUT2D eigenvalue weighted by atomic mass is 32.2. The Labute approximate surface area is 186 Å². The van der Waals surface area contributed by atoms with E-state index in [-0.39, 0.29) is 16.7 Å². The summed E-state index contributed by atoms with van der Waals surface area (Å²) in [6, 6.07) is 19.0. The molecular formula is C25H25FN2O2S. The Morgan fingerprint density at radius 3 is 2.48 bits per heavy atom. The Bertz CT molecular complexity index is 1100. The summed E-state index contributed by atoms with van der Waals surface area (Å²) < 4.78 is 13.9. The zero-order valence-corrected chi connectivity index (χ0v) is 18.6. The molecule has 6 heteroatoms. The maximum Gasteiger partial charge on any atom is 0.258 e. The van der Waals surface area contributed by atoms with Crippen molar-refractivity contribution < 1.29 is 14.0 Å². The van der Waals surface area contributed by atoms with Gasteiger partial charge in [-0.1, -0.05) is 37.3 Å². The third-order valence-electron chi connectivity index (χ3n) is 4.80. The minimum absolute atomic E-state index is 0.0140. The lowest BCUT2D eigenvalue weighted by Gasteiger charge is -2.17. The van der Waals surface area contributed by atoms with Crippen LogP contribution in [0.25, 0.3) is 0 Å². The van der Waals surface area contributed by atoms with Gasteiger partial charge in [0.25, 0.3) is 5.91 Å². The Morgan fingerprint density at radius 1 is 0.968 bits per heavy atom. The maximum atomic E-state index is 13.9. The molecule has 3 aromatic carbocycles. The van der Waals surface area contributed by atoms with Gasteiger partial charge < -0.3 is 10.6 Å². The van der Waals surface area contributed by atoms with Crippen LogP contribution in [0.3, 0.4) is 0 Å². The fraction of sp³-hybridized carbons (Fsp3) is 0.200. The van der Waals surface area contributed by atoms with Crippen LogP contribution in [0.15, 0.2) is 71.6 Å².